The van der Waals surface area contributed by atoms with E-state index in [1.165, 1.54) is 0 Å². The summed E-state index contributed by atoms with van der Waals surface area (Å²) in [6.45, 7) is 1.10. The monoisotopic (exact) mass is 468 g/mol. The molecule has 0 radical (unpaired) electrons. The van der Waals surface area contributed by atoms with Crippen LogP contribution in [0.4, 0.5) is 5.95 Å². The second-order valence-corrected chi connectivity index (χ2v) is 8.17. The number of halogens is 1. The molecule has 1 heterocycles. The maximum absolute atomic E-state index is 12.3. The number of aromatic amines is 1. The molecule has 174 valence electrons. The van der Waals surface area contributed by atoms with Gasteiger partial charge in [-0.2, -0.15) is 0 Å². The highest BCUT2D eigenvalue weighted by Gasteiger charge is 2.22. The first-order valence-corrected chi connectivity index (χ1v) is 11.0. The molecule has 1 atom stereocenters. The number of carbonyl (C=O) groups is 2. The van der Waals surface area contributed by atoms with E-state index >= 15 is 0 Å². The molecule has 1 unspecified atom stereocenters. The number of nitrogens with zero attached hydrogens (tertiary/aromatic N) is 1. The van der Waals surface area contributed by atoms with E-state index in [2.05, 4.69) is 32.7 Å². The van der Waals surface area contributed by atoms with Crippen LogP contribution < -0.4 is 10.6 Å². The van der Waals surface area contributed by atoms with Gasteiger partial charge in [0.25, 0.3) is 0 Å². The summed E-state index contributed by atoms with van der Waals surface area (Å²) in [6, 6.07) is 15.8. The molecule has 0 saturated heterocycles. The highest BCUT2D eigenvalue weighted by Crippen LogP contribution is 2.33. The van der Waals surface area contributed by atoms with Gasteiger partial charge in [0.05, 0.1) is 17.5 Å². The van der Waals surface area contributed by atoms with Crippen LogP contribution in [0, 0.1) is 0 Å². The van der Waals surface area contributed by atoms with Crippen LogP contribution in [0.1, 0.15) is 42.7 Å². The van der Waals surface area contributed by atoms with Crippen LogP contribution in [0.2, 0.25) is 0 Å². The van der Waals surface area contributed by atoms with E-state index in [0.717, 1.165) is 34.2 Å². The zero-order valence-electron chi connectivity index (χ0n) is 18.3. The topological polar surface area (TPSA) is 107 Å². The fraction of sp³-hybridized carbons (Fsp3) is 0.320. The van der Waals surface area contributed by atoms with Crippen molar-refractivity contribution < 1.29 is 14.7 Å². The van der Waals surface area contributed by atoms with Gasteiger partial charge in [-0.25, -0.2) is 4.98 Å². The molecule has 1 aliphatic rings. The lowest BCUT2D eigenvalue weighted by Gasteiger charge is -2.17. The Morgan fingerprint density at radius 1 is 1.12 bits per heavy atom. The molecule has 0 fully saturated rings. The Morgan fingerprint density at radius 2 is 1.91 bits per heavy atom. The van der Waals surface area contributed by atoms with Crippen molar-refractivity contribution in [3.63, 3.8) is 0 Å². The number of fused-ring (bicyclic) bond motifs is 2. The molecule has 0 spiro atoms. The van der Waals surface area contributed by atoms with Crippen LogP contribution in [-0.4, -0.2) is 40.0 Å². The Balaban J connectivity index is 0.00000306. The number of para-hydroxylation sites is 2. The highest BCUT2D eigenvalue weighted by atomic mass is 35.5. The number of amides is 1. The van der Waals surface area contributed by atoms with E-state index < -0.39 is 5.97 Å². The summed E-state index contributed by atoms with van der Waals surface area (Å²) in [4.78, 5) is 31.4. The molecule has 1 aromatic heterocycles. The Hall–Kier alpha value is -3.32. The van der Waals surface area contributed by atoms with Gasteiger partial charge < -0.3 is 20.7 Å². The zero-order valence-corrected chi connectivity index (χ0v) is 19.2. The average molecular weight is 469 g/mol. The standard InChI is InChI=1S/C25H28N4O3.ClH/c30-23(10-5-13-26-25-28-21-8-3-4-9-22(21)29-25)27-16-17-11-12-18-6-1-2-7-20(18)19(14-17)15-24(31)32;/h1-4,6-9,11,19H,5,10,12-16H2,(H,27,30)(H,31,32)(H2,26,28,29);1H. The summed E-state index contributed by atoms with van der Waals surface area (Å²) < 4.78 is 0. The molecule has 1 amide bonds. The highest BCUT2D eigenvalue weighted by molar-refractivity contribution is 5.85. The summed E-state index contributed by atoms with van der Waals surface area (Å²) in [6.07, 6.45) is 4.74. The molecule has 0 aliphatic heterocycles. The second-order valence-electron chi connectivity index (χ2n) is 8.17. The maximum atomic E-state index is 12.3. The first-order chi connectivity index (χ1) is 15.6. The molecule has 2 aromatic carbocycles. The number of carboxylic acids is 1. The van der Waals surface area contributed by atoms with Crippen molar-refractivity contribution in [2.75, 3.05) is 18.4 Å². The number of anilines is 1. The van der Waals surface area contributed by atoms with Gasteiger partial charge in [-0.15, -0.1) is 12.4 Å². The van der Waals surface area contributed by atoms with Crippen LogP contribution in [0.5, 0.6) is 0 Å². The van der Waals surface area contributed by atoms with Crippen LogP contribution in [0.25, 0.3) is 11.0 Å². The number of imidazole rings is 1. The summed E-state index contributed by atoms with van der Waals surface area (Å²) in [5, 5.41) is 15.5. The van der Waals surface area contributed by atoms with Crippen molar-refractivity contribution in [2.45, 2.75) is 38.0 Å². The molecule has 4 rings (SSSR count). The second kappa shape index (κ2) is 11.5. The lowest BCUT2D eigenvalue weighted by molar-refractivity contribution is -0.137. The Bertz CT molecular complexity index is 1110. The van der Waals surface area contributed by atoms with E-state index in [1.807, 2.05) is 42.5 Å². The fourth-order valence-corrected chi connectivity index (χ4v) is 4.21. The maximum Gasteiger partial charge on any atom is 0.303 e. The number of carboxylic acid groups (broad SMARTS) is 1. The average Bonchev–Trinajstić information content (AvgIpc) is 3.12. The van der Waals surface area contributed by atoms with Gasteiger partial charge in [0.2, 0.25) is 11.9 Å². The van der Waals surface area contributed by atoms with Gasteiger partial charge in [-0.05, 0) is 48.4 Å². The predicted octanol–water partition coefficient (Wildman–Crippen LogP) is 4.42. The number of carbonyl (C=O) groups excluding carboxylic acids is 1. The SMILES string of the molecule is Cl.O=C(O)CC1CC(CNC(=O)CCCNc2nc3ccccc3[nH]2)=CCc2ccccc21. The van der Waals surface area contributed by atoms with Crippen molar-refractivity contribution in [3.05, 3.63) is 71.3 Å². The summed E-state index contributed by atoms with van der Waals surface area (Å²) >= 11 is 0. The number of allylic oxidation sites excluding steroid dienone is 1. The van der Waals surface area contributed by atoms with Crippen molar-refractivity contribution >= 4 is 41.3 Å². The molecule has 1 aliphatic carbocycles. The van der Waals surface area contributed by atoms with Gasteiger partial charge in [0.15, 0.2) is 0 Å². The number of rotatable bonds is 9. The Morgan fingerprint density at radius 3 is 2.73 bits per heavy atom. The van der Waals surface area contributed by atoms with Gasteiger partial charge in [-0.1, -0.05) is 48.0 Å². The minimum absolute atomic E-state index is 0. The first kappa shape index (κ1) is 24.3. The number of aromatic nitrogens is 2. The summed E-state index contributed by atoms with van der Waals surface area (Å²) in [5.41, 5.74) is 5.24. The van der Waals surface area contributed by atoms with Crippen molar-refractivity contribution in [2.24, 2.45) is 0 Å². The van der Waals surface area contributed by atoms with E-state index in [-0.39, 0.29) is 30.7 Å². The molecule has 3 aromatic rings. The summed E-state index contributed by atoms with van der Waals surface area (Å²) in [5.74, 6) is -0.164. The predicted molar refractivity (Wildman–Crippen MR) is 132 cm³/mol. The largest absolute Gasteiger partial charge is 0.481 e. The molecular formula is C25H29ClN4O3. The summed E-state index contributed by atoms with van der Waals surface area (Å²) in [7, 11) is 0. The number of aliphatic carboxylic acids is 1. The Kier molecular flexibility index (Phi) is 8.49. The molecule has 8 heteroatoms. The normalized spacial score (nSPS) is 15.0. The lowest BCUT2D eigenvalue weighted by atomic mass is 9.88. The third kappa shape index (κ3) is 6.58. The van der Waals surface area contributed by atoms with Gasteiger partial charge in [-0.3, -0.25) is 9.59 Å². The lowest BCUT2D eigenvalue weighted by Crippen LogP contribution is -2.26. The van der Waals surface area contributed by atoms with E-state index in [1.54, 1.807) is 0 Å². The van der Waals surface area contributed by atoms with Crippen LogP contribution in [-0.2, 0) is 16.0 Å². The van der Waals surface area contributed by atoms with E-state index in [4.69, 9.17) is 0 Å². The van der Waals surface area contributed by atoms with Crippen molar-refractivity contribution in [3.8, 4) is 0 Å². The van der Waals surface area contributed by atoms with Crippen LogP contribution in [0.3, 0.4) is 0 Å². The minimum atomic E-state index is -0.799. The van der Waals surface area contributed by atoms with Gasteiger partial charge in [0, 0.05) is 19.5 Å². The smallest absolute Gasteiger partial charge is 0.303 e. The molecule has 0 saturated carbocycles. The van der Waals surface area contributed by atoms with Gasteiger partial charge in [0.1, 0.15) is 0 Å². The van der Waals surface area contributed by atoms with Crippen molar-refractivity contribution in [1.82, 2.24) is 15.3 Å². The number of hydrogen-bond donors (Lipinski definition) is 4. The molecule has 4 N–H and O–H groups in total. The van der Waals surface area contributed by atoms with Gasteiger partial charge >= 0.3 is 5.97 Å². The molecule has 7 nitrogen and oxygen atoms in total. The number of benzene rings is 2. The van der Waals surface area contributed by atoms with Crippen LogP contribution >= 0.6 is 12.4 Å². The molecule has 33 heavy (non-hydrogen) atoms. The fourth-order valence-electron chi connectivity index (χ4n) is 4.21. The quantitative estimate of drug-likeness (QED) is 0.274. The third-order valence-corrected chi connectivity index (χ3v) is 5.81. The van der Waals surface area contributed by atoms with Crippen LogP contribution in [0.15, 0.2) is 60.2 Å². The van der Waals surface area contributed by atoms with E-state index in [9.17, 15) is 14.7 Å². The number of H-pyrrole nitrogens is 1. The number of nitrogens with one attached hydrogen (secondary N) is 3. The minimum Gasteiger partial charge on any atom is -0.481 e. The van der Waals surface area contributed by atoms with Crippen molar-refractivity contribution in [1.29, 1.82) is 0 Å². The third-order valence-electron chi connectivity index (χ3n) is 5.81. The number of hydrogen-bond acceptors (Lipinski definition) is 4. The molecular weight excluding hydrogens is 440 g/mol. The Labute approximate surface area is 199 Å². The first-order valence-electron chi connectivity index (χ1n) is 11.0. The zero-order chi connectivity index (χ0) is 22.3. The molecule has 0 bridgehead atoms. The van der Waals surface area contributed by atoms with E-state index in [0.29, 0.717) is 38.3 Å².